The number of anilines is 1. The van der Waals surface area contributed by atoms with E-state index in [2.05, 4.69) is 31.0 Å². The van der Waals surface area contributed by atoms with Crippen molar-refractivity contribution in [1.82, 2.24) is 25.0 Å². The van der Waals surface area contributed by atoms with Crippen molar-refractivity contribution >= 4 is 11.9 Å². The van der Waals surface area contributed by atoms with Crippen LogP contribution < -0.4 is 4.90 Å². The number of hydrogen-bond donors (Lipinski definition) is 0. The van der Waals surface area contributed by atoms with E-state index in [9.17, 15) is 4.79 Å². The maximum absolute atomic E-state index is 11.9. The molecule has 1 atom stereocenters. The molecule has 8 heteroatoms. The number of ether oxygens (including phenoxy) is 1. The SMILES string of the molecule is CCOC(=O)N1CC2(CCC(N3CCN(c4ncccc4-c4cccnn4)CC3)C2)C1. The van der Waals surface area contributed by atoms with Gasteiger partial charge in [0.05, 0.1) is 12.3 Å². The number of aromatic nitrogens is 3. The molecule has 2 aromatic rings. The third-order valence-corrected chi connectivity index (χ3v) is 7.02. The van der Waals surface area contributed by atoms with Gasteiger partial charge in [-0.1, -0.05) is 0 Å². The molecule has 0 N–H and O–H groups in total. The summed E-state index contributed by atoms with van der Waals surface area (Å²) in [6.07, 6.45) is 7.03. The highest BCUT2D eigenvalue weighted by Crippen LogP contribution is 2.47. The molecule has 0 aromatic carbocycles. The van der Waals surface area contributed by atoms with Crippen molar-refractivity contribution in [3.05, 3.63) is 36.7 Å². The van der Waals surface area contributed by atoms with E-state index in [1.54, 1.807) is 6.20 Å². The van der Waals surface area contributed by atoms with Gasteiger partial charge in [0, 0.05) is 68.7 Å². The molecule has 1 spiro atoms. The van der Waals surface area contributed by atoms with Crippen LogP contribution in [0.3, 0.4) is 0 Å². The number of carbonyl (C=O) groups is 1. The van der Waals surface area contributed by atoms with Gasteiger partial charge in [-0.3, -0.25) is 4.90 Å². The van der Waals surface area contributed by atoms with Gasteiger partial charge in [-0.25, -0.2) is 9.78 Å². The molecule has 1 amide bonds. The Morgan fingerprint density at radius 1 is 1.16 bits per heavy atom. The maximum atomic E-state index is 11.9. The van der Waals surface area contributed by atoms with Gasteiger partial charge in [-0.2, -0.15) is 10.2 Å². The second-order valence-corrected chi connectivity index (χ2v) is 8.96. The Labute approximate surface area is 183 Å². The van der Waals surface area contributed by atoms with Crippen molar-refractivity contribution in [2.45, 2.75) is 32.2 Å². The molecular formula is C23H30N6O2. The Hall–Kier alpha value is -2.74. The lowest BCUT2D eigenvalue weighted by Crippen LogP contribution is -2.58. The fourth-order valence-corrected chi connectivity index (χ4v) is 5.48. The summed E-state index contributed by atoms with van der Waals surface area (Å²) < 4.78 is 5.14. The van der Waals surface area contributed by atoms with Gasteiger partial charge in [-0.05, 0) is 50.5 Å². The topological polar surface area (TPSA) is 74.7 Å². The number of likely N-dealkylation sites (tertiary alicyclic amines) is 1. The van der Waals surface area contributed by atoms with E-state index in [-0.39, 0.29) is 6.09 Å². The summed E-state index contributed by atoms with van der Waals surface area (Å²) in [5.41, 5.74) is 2.22. The Morgan fingerprint density at radius 3 is 2.71 bits per heavy atom. The van der Waals surface area contributed by atoms with Crippen LogP contribution in [0.5, 0.6) is 0 Å². The van der Waals surface area contributed by atoms with E-state index >= 15 is 0 Å². The minimum absolute atomic E-state index is 0.153. The minimum atomic E-state index is -0.153. The molecule has 1 saturated carbocycles. The number of carbonyl (C=O) groups excluding carboxylic acids is 1. The fourth-order valence-electron chi connectivity index (χ4n) is 5.48. The molecule has 31 heavy (non-hydrogen) atoms. The zero-order valence-electron chi connectivity index (χ0n) is 18.1. The highest BCUT2D eigenvalue weighted by Gasteiger charge is 2.51. The summed E-state index contributed by atoms with van der Waals surface area (Å²) in [6.45, 7) is 8.03. The Bertz CT molecular complexity index is 909. The summed E-state index contributed by atoms with van der Waals surface area (Å²) in [7, 11) is 0. The summed E-state index contributed by atoms with van der Waals surface area (Å²) in [5.74, 6) is 0.995. The first kappa shape index (κ1) is 20.2. The summed E-state index contributed by atoms with van der Waals surface area (Å²) in [5, 5.41) is 8.31. The minimum Gasteiger partial charge on any atom is -0.450 e. The Morgan fingerprint density at radius 2 is 1.97 bits per heavy atom. The Kier molecular flexibility index (Phi) is 5.48. The number of piperazine rings is 1. The van der Waals surface area contributed by atoms with E-state index in [1.807, 2.05) is 36.2 Å². The number of pyridine rings is 1. The number of amides is 1. The monoisotopic (exact) mass is 422 g/mol. The molecule has 164 valence electrons. The third kappa shape index (κ3) is 3.96. The van der Waals surface area contributed by atoms with Crippen molar-refractivity contribution in [2.75, 3.05) is 50.8 Å². The fraction of sp³-hybridized carbons (Fsp3) is 0.565. The van der Waals surface area contributed by atoms with Crippen molar-refractivity contribution in [1.29, 1.82) is 0 Å². The quantitative estimate of drug-likeness (QED) is 0.750. The van der Waals surface area contributed by atoms with E-state index in [4.69, 9.17) is 4.74 Å². The largest absolute Gasteiger partial charge is 0.450 e. The predicted molar refractivity (Wildman–Crippen MR) is 118 cm³/mol. The molecule has 3 fully saturated rings. The van der Waals surface area contributed by atoms with Crippen LogP contribution >= 0.6 is 0 Å². The standard InChI is InChI=1S/C23H30N6O2/c1-2-31-22(30)29-16-23(17-29)8-7-18(15-23)27-11-13-28(14-12-27)21-19(5-3-9-24-21)20-6-4-10-25-26-20/h3-6,9-10,18H,2,7-8,11-17H2,1H3. The molecule has 1 unspecified atom stereocenters. The molecule has 2 saturated heterocycles. The van der Waals surface area contributed by atoms with Crippen molar-refractivity contribution in [3.63, 3.8) is 0 Å². The van der Waals surface area contributed by atoms with Gasteiger partial charge >= 0.3 is 6.09 Å². The second-order valence-electron chi connectivity index (χ2n) is 8.96. The lowest BCUT2D eigenvalue weighted by Gasteiger charge is -2.48. The molecule has 4 heterocycles. The van der Waals surface area contributed by atoms with Crippen LogP contribution in [-0.4, -0.2) is 83.0 Å². The molecule has 8 nitrogen and oxygen atoms in total. The molecule has 5 rings (SSSR count). The zero-order chi connectivity index (χ0) is 21.3. The van der Waals surface area contributed by atoms with Crippen LogP contribution in [0.25, 0.3) is 11.3 Å². The number of rotatable bonds is 4. The molecule has 0 radical (unpaired) electrons. The third-order valence-electron chi connectivity index (χ3n) is 7.02. The lowest BCUT2D eigenvalue weighted by molar-refractivity contribution is -0.00294. The molecule has 2 aliphatic heterocycles. The first-order valence-electron chi connectivity index (χ1n) is 11.3. The van der Waals surface area contributed by atoms with Crippen molar-refractivity contribution in [2.24, 2.45) is 5.41 Å². The van der Waals surface area contributed by atoms with Gasteiger partial charge in [-0.15, -0.1) is 0 Å². The van der Waals surface area contributed by atoms with Gasteiger partial charge in [0.2, 0.25) is 0 Å². The van der Waals surface area contributed by atoms with Gasteiger partial charge < -0.3 is 14.5 Å². The van der Waals surface area contributed by atoms with E-state index in [0.717, 1.165) is 56.3 Å². The zero-order valence-corrected chi connectivity index (χ0v) is 18.1. The van der Waals surface area contributed by atoms with E-state index in [1.165, 1.54) is 19.3 Å². The van der Waals surface area contributed by atoms with Gasteiger partial charge in [0.1, 0.15) is 5.82 Å². The van der Waals surface area contributed by atoms with Crippen LogP contribution in [0.15, 0.2) is 36.7 Å². The van der Waals surface area contributed by atoms with E-state index < -0.39 is 0 Å². The van der Waals surface area contributed by atoms with E-state index in [0.29, 0.717) is 18.1 Å². The number of hydrogen-bond acceptors (Lipinski definition) is 7. The molecule has 3 aliphatic rings. The van der Waals surface area contributed by atoms with Gasteiger partial charge in [0.15, 0.2) is 0 Å². The Balaban J connectivity index is 1.18. The first-order valence-corrected chi connectivity index (χ1v) is 11.3. The van der Waals surface area contributed by atoms with Crippen LogP contribution in [-0.2, 0) is 4.74 Å². The van der Waals surface area contributed by atoms with Crippen molar-refractivity contribution in [3.8, 4) is 11.3 Å². The predicted octanol–water partition coefficient (Wildman–Crippen LogP) is 2.67. The highest BCUT2D eigenvalue weighted by atomic mass is 16.6. The highest BCUT2D eigenvalue weighted by molar-refractivity contribution is 5.73. The van der Waals surface area contributed by atoms with Crippen LogP contribution in [0.2, 0.25) is 0 Å². The summed E-state index contributed by atoms with van der Waals surface area (Å²) in [6, 6.07) is 8.55. The molecule has 2 aromatic heterocycles. The average molecular weight is 423 g/mol. The normalized spacial score (nSPS) is 23.1. The molecule has 0 bridgehead atoms. The van der Waals surface area contributed by atoms with Crippen LogP contribution in [0.4, 0.5) is 10.6 Å². The second kappa shape index (κ2) is 8.42. The maximum Gasteiger partial charge on any atom is 0.409 e. The number of nitrogens with zero attached hydrogens (tertiary/aromatic N) is 6. The molecular weight excluding hydrogens is 392 g/mol. The van der Waals surface area contributed by atoms with Crippen molar-refractivity contribution < 1.29 is 9.53 Å². The smallest absolute Gasteiger partial charge is 0.409 e. The molecule has 1 aliphatic carbocycles. The first-order chi connectivity index (χ1) is 15.2. The summed E-state index contributed by atoms with van der Waals surface area (Å²) in [4.78, 5) is 23.5. The average Bonchev–Trinajstić information content (AvgIpc) is 3.25. The van der Waals surface area contributed by atoms with Gasteiger partial charge in [0.25, 0.3) is 0 Å². The summed E-state index contributed by atoms with van der Waals surface area (Å²) >= 11 is 0. The van der Waals surface area contributed by atoms with Crippen LogP contribution in [0.1, 0.15) is 26.2 Å². The van der Waals surface area contributed by atoms with Crippen LogP contribution in [0, 0.1) is 5.41 Å². The lowest BCUT2D eigenvalue weighted by atomic mass is 9.78.